The molecule has 0 bridgehead atoms. The van der Waals surface area contributed by atoms with Gasteiger partial charge in [0.1, 0.15) is 17.6 Å². The van der Waals surface area contributed by atoms with Crippen LogP contribution in [0.2, 0.25) is 0 Å². The first-order chi connectivity index (χ1) is 12.4. The molecule has 5 heteroatoms. The highest BCUT2D eigenvalue weighted by molar-refractivity contribution is 7.09. The van der Waals surface area contributed by atoms with Crippen molar-refractivity contribution >= 4 is 11.3 Å². The Balaban J connectivity index is 1.20. The molecule has 1 unspecified atom stereocenters. The third-order valence-corrected chi connectivity index (χ3v) is 6.15. The Morgan fingerprint density at radius 1 is 1.12 bits per heavy atom. The maximum absolute atomic E-state index is 6.01. The van der Waals surface area contributed by atoms with Gasteiger partial charge in [0.25, 0.3) is 0 Å². The minimum absolute atomic E-state index is 0.169. The second kappa shape index (κ2) is 8.49. The SMILES string of the molecule is c1csc(CN2CCC(NCc3ccc(C4CCCCO4)o3)CC2)c1. The molecule has 4 rings (SSSR count). The van der Waals surface area contributed by atoms with E-state index in [9.17, 15) is 0 Å². The van der Waals surface area contributed by atoms with E-state index in [1.54, 1.807) is 0 Å². The Kier molecular flexibility index (Phi) is 5.87. The molecule has 2 saturated heterocycles. The van der Waals surface area contributed by atoms with Crippen molar-refractivity contribution in [3.05, 3.63) is 46.0 Å². The number of thiophene rings is 1. The second-order valence-electron chi connectivity index (χ2n) is 7.17. The molecule has 2 fully saturated rings. The topological polar surface area (TPSA) is 37.6 Å². The Hall–Kier alpha value is -1.14. The van der Waals surface area contributed by atoms with Crippen LogP contribution in [0, 0.1) is 0 Å². The Morgan fingerprint density at radius 3 is 2.80 bits per heavy atom. The minimum atomic E-state index is 0.169. The summed E-state index contributed by atoms with van der Waals surface area (Å²) in [7, 11) is 0. The van der Waals surface area contributed by atoms with Crippen LogP contribution in [0.15, 0.2) is 34.1 Å². The lowest BCUT2D eigenvalue weighted by Crippen LogP contribution is -2.41. The lowest BCUT2D eigenvalue weighted by molar-refractivity contribution is 0.00118. The van der Waals surface area contributed by atoms with Crippen molar-refractivity contribution in [2.24, 2.45) is 0 Å². The van der Waals surface area contributed by atoms with E-state index in [1.165, 1.54) is 43.6 Å². The summed E-state index contributed by atoms with van der Waals surface area (Å²) in [6, 6.07) is 9.17. The van der Waals surface area contributed by atoms with Gasteiger partial charge in [0, 0.05) is 24.1 Å². The third kappa shape index (κ3) is 4.73. The number of piperidine rings is 1. The Morgan fingerprint density at radius 2 is 2.04 bits per heavy atom. The number of likely N-dealkylation sites (tertiary alicyclic amines) is 1. The molecule has 2 aromatic rings. The molecule has 25 heavy (non-hydrogen) atoms. The van der Waals surface area contributed by atoms with Gasteiger partial charge in [-0.2, -0.15) is 0 Å². The molecule has 1 N–H and O–H groups in total. The summed E-state index contributed by atoms with van der Waals surface area (Å²) < 4.78 is 11.8. The van der Waals surface area contributed by atoms with Gasteiger partial charge in [-0.25, -0.2) is 0 Å². The maximum Gasteiger partial charge on any atom is 0.133 e. The fourth-order valence-corrected chi connectivity index (χ4v) is 4.54. The molecule has 0 amide bonds. The van der Waals surface area contributed by atoms with Crippen LogP contribution < -0.4 is 5.32 Å². The number of nitrogens with zero attached hydrogens (tertiary/aromatic N) is 1. The summed E-state index contributed by atoms with van der Waals surface area (Å²) >= 11 is 1.86. The van der Waals surface area contributed by atoms with E-state index in [1.807, 2.05) is 11.3 Å². The number of ether oxygens (including phenoxy) is 1. The summed E-state index contributed by atoms with van der Waals surface area (Å²) in [6.45, 7) is 5.14. The summed E-state index contributed by atoms with van der Waals surface area (Å²) in [6.07, 6.45) is 6.10. The predicted octanol–water partition coefficient (Wildman–Crippen LogP) is 4.34. The van der Waals surface area contributed by atoms with Crippen molar-refractivity contribution in [2.45, 2.75) is 57.3 Å². The first-order valence-electron chi connectivity index (χ1n) is 9.55. The van der Waals surface area contributed by atoms with Gasteiger partial charge in [-0.15, -0.1) is 11.3 Å². The number of nitrogens with one attached hydrogen (secondary N) is 1. The molecule has 0 spiro atoms. The molecule has 0 saturated carbocycles. The van der Waals surface area contributed by atoms with Gasteiger partial charge in [-0.1, -0.05) is 6.07 Å². The molecule has 4 nitrogen and oxygen atoms in total. The monoisotopic (exact) mass is 360 g/mol. The highest BCUT2D eigenvalue weighted by Gasteiger charge is 2.21. The van der Waals surface area contributed by atoms with E-state index in [-0.39, 0.29) is 6.10 Å². The first-order valence-corrected chi connectivity index (χ1v) is 10.4. The summed E-state index contributed by atoms with van der Waals surface area (Å²) in [5.41, 5.74) is 0. The maximum atomic E-state index is 6.01. The molecular weight excluding hydrogens is 332 g/mol. The average Bonchev–Trinajstić information content (AvgIpc) is 3.34. The van der Waals surface area contributed by atoms with Crippen molar-refractivity contribution in [3.63, 3.8) is 0 Å². The fraction of sp³-hybridized carbons (Fsp3) is 0.600. The van der Waals surface area contributed by atoms with E-state index in [2.05, 4.69) is 39.9 Å². The third-order valence-electron chi connectivity index (χ3n) is 5.29. The molecule has 2 aliphatic heterocycles. The molecular formula is C20H28N2O2S. The molecule has 0 aromatic carbocycles. The summed E-state index contributed by atoms with van der Waals surface area (Å²) in [5.74, 6) is 2.03. The molecule has 2 aliphatic rings. The summed E-state index contributed by atoms with van der Waals surface area (Å²) in [4.78, 5) is 4.04. The minimum Gasteiger partial charge on any atom is -0.462 e. The highest BCUT2D eigenvalue weighted by atomic mass is 32.1. The number of rotatable bonds is 6. The van der Waals surface area contributed by atoms with Gasteiger partial charge < -0.3 is 14.5 Å². The van der Waals surface area contributed by atoms with Gasteiger partial charge in [-0.3, -0.25) is 4.90 Å². The van der Waals surface area contributed by atoms with Crippen molar-refractivity contribution in [1.82, 2.24) is 10.2 Å². The van der Waals surface area contributed by atoms with Gasteiger partial charge in [0.05, 0.1) is 6.54 Å². The van der Waals surface area contributed by atoms with Crippen molar-refractivity contribution < 1.29 is 9.15 Å². The van der Waals surface area contributed by atoms with Crippen LogP contribution in [0.5, 0.6) is 0 Å². The van der Waals surface area contributed by atoms with E-state index in [0.717, 1.165) is 37.6 Å². The molecule has 0 aliphatic carbocycles. The lowest BCUT2D eigenvalue weighted by atomic mass is 10.0. The lowest BCUT2D eigenvalue weighted by Gasteiger charge is -2.32. The molecule has 1 atom stereocenters. The van der Waals surface area contributed by atoms with Crippen LogP contribution in [0.25, 0.3) is 0 Å². The van der Waals surface area contributed by atoms with Crippen molar-refractivity contribution in [1.29, 1.82) is 0 Å². The Bertz CT molecular complexity index is 626. The standard InChI is InChI=1S/C20H28N2O2S/c1-2-12-23-19(5-1)20-7-6-17(24-20)14-21-16-8-10-22(11-9-16)15-18-4-3-13-25-18/h3-4,6-7,13,16,19,21H,1-2,5,8-12,14-15H2. The van der Waals surface area contributed by atoms with Crippen LogP contribution in [-0.2, 0) is 17.8 Å². The first kappa shape index (κ1) is 17.3. The zero-order valence-electron chi connectivity index (χ0n) is 14.8. The normalized spacial score (nSPS) is 23.1. The summed E-state index contributed by atoms with van der Waals surface area (Å²) in [5, 5.41) is 5.84. The van der Waals surface area contributed by atoms with Crippen LogP contribution in [0.1, 0.15) is 54.6 Å². The zero-order valence-corrected chi connectivity index (χ0v) is 15.6. The quantitative estimate of drug-likeness (QED) is 0.832. The predicted molar refractivity (Wildman–Crippen MR) is 101 cm³/mol. The fourth-order valence-electron chi connectivity index (χ4n) is 3.79. The van der Waals surface area contributed by atoms with E-state index in [4.69, 9.17) is 9.15 Å². The van der Waals surface area contributed by atoms with Gasteiger partial charge in [-0.05, 0) is 68.8 Å². The van der Waals surface area contributed by atoms with Crippen LogP contribution in [0.4, 0.5) is 0 Å². The van der Waals surface area contributed by atoms with E-state index >= 15 is 0 Å². The second-order valence-corrected chi connectivity index (χ2v) is 8.20. The molecule has 2 aromatic heterocycles. The number of furan rings is 1. The van der Waals surface area contributed by atoms with E-state index in [0.29, 0.717) is 6.04 Å². The van der Waals surface area contributed by atoms with Gasteiger partial charge in [0.15, 0.2) is 0 Å². The van der Waals surface area contributed by atoms with E-state index < -0.39 is 0 Å². The number of hydrogen-bond acceptors (Lipinski definition) is 5. The van der Waals surface area contributed by atoms with Gasteiger partial charge >= 0.3 is 0 Å². The molecule has 0 radical (unpaired) electrons. The van der Waals surface area contributed by atoms with Crippen molar-refractivity contribution in [3.8, 4) is 0 Å². The zero-order chi connectivity index (χ0) is 16.9. The Labute approximate surface area is 154 Å². The van der Waals surface area contributed by atoms with Crippen molar-refractivity contribution in [2.75, 3.05) is 19.7 Å². The molecule has 4 heterocycles. The van der Waals surface area contributed by atoms with Crippen LogP contribution in [0.3, 0.4) is 0 Å². The average molecular weight is 361 g/mol. The van der Waals surface area contributed by atoms with Crippen LogP contribution >= 0.6 is 11.3 Å². The number of hydrogen-bond donors (Lipinski definition) is 1. The highest BCUT2D eigenvalue weighted by Crippen LogP contribution is 2.29. The van der Waals surface area contributed by atoms with Crippen LogP contribution in [-0.4, -0.2) is 30.6 Å². The largest absolute Gasteiger partial charge is 0.462 e. The smallest absolute Gasteiger partial charge is 0.133 e. The van der Waals surface area contributed by atoms with Gasteiger partial charge in [0.2, 0.25) is 0 Å². The molecule has 136 valence electrons.